The van der Waals surface area contributed by atoms with Crippen LogP contribution in [0.1, 0.15) is 6.42 Å². The van der Waals surface area contributed by atoms with Gasteiger partial charge in [0.05, 0.1) is 0 Å². The molecule has 1 aliphatic heterocycles. The molecule has 0 aromatic heterocycles. The van der Waals surface area contributed by atoms with Gasteiger partial charge in [-0.15, -0.1) is 4.99 Å². The van der Waals surface area contributed by atoms with Crippen LogP contribution in [0.5, 0.6) is 0 Å². The number of hydrogen-bond acceptors (Lipinski definition) is 3. The van der Waals surface area contributed by atoms with Gasteiger partial charge in [0.25, 0.3) is 0 Å². The second kappa shape index (κ2) is 1.55. The molecule has 0 aliphatic carbocycles. The standard InChI is InChI=1S/C3H7NO2/c5-6-4-2-1-3-4/h5H,1-3H2. The minimum Gasteiger partial charge on any atom is -0.233 e. The lowest BCUT2D eigenvalue weighted by molar-refractivity contribution is -0.413. The zero-order valence-electron chi connectivity index (χ0n) is 3.42. The van der Waals surface area contributed by atoms with Crippen molar-refractivity contribution in [3.63, 3.8) is 0 Å². The van der Waals surface area contributed by atoms with Crippen LogP contribution in [0, 0.1) is 0 Å². The molecule has 0 amide bonds. The van der Waals surface area contributed by atoms with E-state index in [0.29, 0.717) is 0 Å². The Bertz CT molecular complexity index is 41.3. The molecule has 3 heteroatoms. The molecule has 1 aliphatic rings. The monoisotopic (exact) mass is 89.0 g/mol. The van der Waals surface area contributed by atoms with Gasteiger partial charge in [0.15, 0.2) is 0 Å². The lowest BCUT2D eigenvalue weighted by atomic mass is 10.3. The van der Waals surface area contributed by atoms with Crippen LogP contribution in [0.3, 0.4) is 0 Å². The molecule has 0 aromatic carbocycles. The van der Waals surface area contributed by atoms with Gasteiger partial charge in [-0.3, -0.25) is 0 Å². The molecule has 6 heavy (non-hydrogen) atoms. The van der Waals surface area contributed by atoms with Crippen LogP contribution in [0.25, 0.3) is 0 Å². The normalized spacial score (nSPS) is 23.5. The van der Waals surface area contributed by atoms with E-state index >= 15 is 0 Å². The summed E-state index contributed by atoms with van der Waals surface area (Å²) in [5, 5.41) is 9.30. The molecular weight excluding hydrogens is 82.0 g/mol. The van der Waals surface area contributed by atoms with Crippen LogP contribution in [-0.4, -0.2) is 23.4 Å². The highest BCUT2D eigenvalue weighted by Gasteiger charge is 2.12. The van der Waals surface area contributed by atoms with Gasteiger partial charge >= 0.3 is 0 Å². The van der Waals surface area contributed by atoms with Crippen LogP contribution < -0.4 is 0 Å². The van der Waals surface area contributed by atoms with Gasteiger partial charge in [0.2, 0.25) is 0 Å². The maximum Gasteiger partial charge on any atom is 0.0283 e. The molecule has 0 aromatic rings. The Morgan fingerprint density at radius 2 is 2.17 bits per heavy atom. The smallest absolute Gasteiger partial charge is 0.0283 e. The Morgan fingerprint density at radius 1 is 1.50 bits per heavy atom. The zero-order chi connectivity index (χ0) is 4.41. The number of nitrogens with zero attached hydrogens (tertiary/aromatic N) is 1. The molecule has 1 saturated heterocycles. The van der Waals surface area contributed by atoms with Crippen molar-refractivity contribution in [2.75, 3.05) is 13.1 Å². The summed E-state index contributed by atoms with van der Waals surface area (Å²) >= 11 is 0. The van der Waals surface area contributed by atoms with Gasteiger partial charge in [-0.05, 0) is 6.42 Å². The summed E-state index contributed by atoms with van der Waals surface area (Å²) < 4.78 is 0. The molecule has 3 nitrogen and oxygen atoms in total. The maximum absolute atomic E-state index is 7.81. The highest BCUT2D eigenvalue weighted by molar-refractivity contribution is 4.56. The van der Waals surface area contributed by atoms with Crippen LogP contribution in [0.4, 0.5) is 0 Å². The SMILES string of the molecule is OON1CCC1. The Hall–Kier alpha value is -0.120. The number of hydrogen-bond donors (Lipinski definition) is 1. The minimum absolute atomic E-state index is 0.872. The molecule has 36 valence electrons. The molecule has 1 fully saturated rings. The van der Waals surface area contributed by atoms with Crippen molar-refractivity contribution >= 4 is 0 Å². The second-order valence-electron chi connectivity index (χ2n) is 1.36. The van der Waals surface area contributed by atoms with Crippen molar-refractivity contribution in [1.82, 2.24) is 5.06 Å². The first kappa shape index (κ1) is 4.05. The summed E-state index contributed by atoms with van der Waals surface area (Å²) in [5.74, 6) is 0. The van der Waals surface area contributed by atoms with Crippen molar-refractivity contribution in [3.05, 3.63) is 0 Å². The highest BCUT2D eigenvalue weighted by atomic mass is 17.2. The topological polar surface area (TPSA) is 32.7 Å². The molecule has 1 N–H and O–H groups in total. The maximum atomic E-state index is 7.81. The van der Waals surface area contributed by atoms with Crippen molar-refractivity contribution in [2.24, 2.45) is 0 Å². The fourth-order valence-corrected chi connectivity index (χ4v) is 0.369. The van der Waals surface area contributed by atoms with Crippen LogP contribution >= 0.6 is 0 Å². The first-order valence-corrected chi connectivity index (χ1v) is 2.00. The Kier molecular flexibility index (Phi) is 1.05. The Balaban J connectivity index is 2.01. The van der Waals surface area contributed by atoms with E-state index in [-0.39, 0.29) is 0 Å². The fraction of sp³-hybridized carbons (Fsp3) is 1.00. The zero-order valence-corrected chi connectivity index (χ0v) is 3.42. The minimum atomic E-state index is 0.872. The molecule has 0 spiro atoms. The lowest BCUT2D eigenvalue weighted by Crippen LogP contribution is -2.35. The van der Waals surface area contributed by atoms with E-state index in [9.17, 15) is 0 Å². The molecule has 0 bridgehead atoms. The van der Waals surface area contributed by atoms with E-state index in [0.717, 1.165) is 19.5 Å². The summed E-state index contributed by atoms with van der Waals surface area (Å²) in [6, 6.07) is 0. The summed E-state index contributed by atoms with van der Waals surface area (Å²) in [6.45, 7) is 1.74. The Morgan fingerprint density at radius 3 is 2.17 bits per heavy atom. The summed E-state index contributed by atoms with van der Waals surface area (Å²) in [6.07, 6.45) is 1.14. The number of rotatable bonds is 1. The molecule has 0 atom stereocenters. The quantitative estimate of drug-likeness (QED) is 0.365. The van der Waals surface area contributed by atoms with Crippen LogP contribution in [0.15, 0.2) is 0 Å². The van der Waals surface area contributed by atoms with E-state index in [1.165, 1.54) is 5.06 Å². The average Bonchev–Trinajstić information content (AvgIpc) is 1.31. The summed E-state index contributed by atoms with van der Waals surface area (Å²) in [7, 11) is 0. The predicted molar refractivity (Wildman–Crippen MR) is 19.9 cm³/mol. The first-order valence-electron chi connectivity index (χ1n) is 2.00. The highest BCUT2D eigenvalue weighted by Crippen LogP contribution is 2.02. The Labute approximate surface area is 36.0 Å². The lowest BCUT2D eigenvalue weighted by Gasteiger charge is -2.24. The third-order valence-corrected chi connectivity index (χ3v) is 0.930. The van der Waals surface area contributed by atoms with E-state index in [2.05, 4.69) is 4.99 Å². The van der Waals surface area contributed by atoms with E-state index in [1.807, 2.05) is 0 Å². The van der Waals surface area contributed by atoms with E-state index in [4.69, 9.17) is 5.26 Å². The van der Waals surface area contributed by atoms with E-state index < -0.39 is 0 Å². The first-order chi connectivity index (χ1) is 2.93. The summed E-state index contributed by atoms with van der Waals surface area (Å²) in [5.41, 5.74) is 0. The molecule has 0 saturated carbocycles. The van der Waals surface area contributed by atoms with Crippen LogP contribution in [-0.2, 0) is 4.99 Å². The third kappa shape index (κ3) is 0.518. The average molecular weight is 89.1 g/mol. The second-order valence-corrected chi connectivity index (χ2v) is 1.36. The largest absolute Gasteiger partial charge is 0.233 e. The molecule has 0 unspecified atom stereocenters. The molecular formula is C3H7NO2. The van der Waals surface area contributed by atoms with Gasteiger partial charge in [-0.1, -0.05) is 0 Å². The van der Waals surface area contributed by atoms with Gasteiger partial charge in [0.1, 0.15) is 0 Å². The molecule has 1 rings (SSSR count). The van der Waals surface area contributed by atoms with Crippen molar-refractivity contribution in [1.29, 1.82) is 0 Å². The predicted octanol–water partition coefficient (Wildman–Crippen LogP) is 0.0967. The molecule has 0 radical (unpaired) electrons. The van der Waals surface area contributed by atoms with Gasteiger partial charge in [-0.25, -0.2) is 5.26 Å². The van der Waals surface area contributed by atoms with Crippen molar-refractivity contribution in [2.45, 2.75) is 6.42 Å². The third-order valence-electron chi connectivity index (χ3n) is 0.930. The summed E-state index contributed by atoms with van der Waals surface area (Å²) in [4.78, 5) is 3.82. The number of hydroxylamine groups is 2. The van der Waals surface area contributed by atoms with Crippen LogP contribution in [0.2, 0.25) is 0 Å². The van der Waals surface area contributed by atoms with Crippen molar-refractivity contribution in [3.8, 4) is 0 Å². The van der Waals surface area contributed by atoms with E-state index in [1.54, 1.807) is 0 Å². The van der Waals surface area contributed by atoms with Crippen molar-refractivity contribution < 1.29 is 10.2 Å². The van der Waals surface area contributed by atoms with Gasteiger partial charge in [0, 0.05) is 13.1 Å². The van der Waals surface area contributed by atoms with Gasteiger partial charge < -0.3 is 0 Å². The van der Waals surface area contributed by atoms with Gasteiger partial charge in [-0.2, -0.15) is 5.06 Å². The fourth-order valence-electron chi connectivity index (χ4n) is 0.369. The molecule has 1 heterocycles.